The van der Waals surface area contributed by atoms with Gasteiger partial charge in [0.25, 0.3) is 5.56 Å². The number of hydrogen-bond donors (Lipinski definition) is 1. The maximum Gasteiger partial charge on any atom is 0.255 e. The number of H-pyrrole nitrogens is 1. The second-order valence-corrected chi connectivity index (χ2v) is 7.85. The van der Waals surface area contributed by atoms with E-state index in [1.807, 2.05) is 12.1 Å². The Hall–Kier alpha value is -2.30. The lowest BCUT2D eigenvalue weighted by molar-refractivity contribution is 0.0970. The molecule has 0 atom stereocenters. The van der Waals surface area contributed by atoms with Crippen molar-refractivity contribution in [2.75, 3.05) is 13.1 Å². The highest BCUT2D eigenvalue weighted by Gasteiger charge is 2.21. The minimum atomic E-state index is -0.133. The van der Waals surface area contributed by atoms with Crippen molar-refractivity contribution in [2.24, 2.45) is 0 Å². The van der Waals surface area contributed by atoms with Crippen LogP contribution in [0.3, 0.4) is 0 Å². The molecule has 0 unspecified atom stereocenters. The first kappa shape index (κ1) is 19.0. The Labute approximate surface area is 170 Å². The molecule has 1 aliphatic heterocycles. The zero-order valence-electron chi connectivity index (χ0n) is 16.1. The number of nitrogens with zero attached hydrogens (tertiary/aromatic N) is 1. The lowest BCUT2D eigenvalue weighted by atomic mass is 10.1. The number of hydrogen-bond acceptors (Lipinski definition) is 3. The van der Waals surface area contributed by atoms with E-state index in [1.54, 1.807) is 12.3 Å². The molecule has 146 valence electrons. The number of halogens is 1. The standard InChI is InChI=1S/C23H25ClN2O2/c1-2-16-3-5-17(6-4-16)15-26-11-8-19(9-12-26)28-22-13-18-7-10-25-23(27)20(18)14-21(22)24/h3-7,10,13-14,19H,2,8-9,11-12,15H2,1H3,(H,25,27). The molecular weight excluding hydrogens is 372 g/mol. The van der Waals surface area contributed by atoms with Crippen LogP contribution in [0.4, 0.5) is 0 Å². The van der Waals surface area contributed by atoms with Crippen molar-refractivity contribution in [3.63, 3.8) is 0 Å². The van der Waals surface area contributed by atoms with Gasteiger partial charge in [-0.25, -0.2) is 0 Å². The molecular formula is C23H25ClN2O2. The number of likely N-dealkylation sites (tertiary alicyclic amines) is 1. The Morgan fingerprint density at radius 3 is 2.54 bits per heavy atom. The fraction of sp³-hybridized carbons (Fsp3) is 0.348. The van der Waals surface area contributed by atoms with E-state index in [1.165, 1.54) is 11.1 Å². The molecule has 0 aliphatic carbocycles. The van der Waals surface area contributed by atoms with Crippen LogP contribution in [0.2, 0.25) is 5.02 Å². The molecule has 4 nitrogen and oxygen atoms in total. The summed E-state index contributed by atoms with van der Waals surface area (Å²) in [6, 6.07) is 14.3. The number of nitrogens with one attached hydrogen (secondary N) is 1. The highest BCUT2D eigenvalue weighted by atomic mass is 35.5. The molecule has 1 fully saturated rings. The average molecular weight is 397 g/mol. The summed E-state index contributed by atoms with van der Waals surface area (Å²) in [4.78, 5) is 17.0. The predicted octanol–water partition coefficient (Wildman–Crippen LogP) is 4.79. The molecule has 28 heavy (non-hydrogen) atoms. The number of aromatic amines is 1. The third kappa shape index (κ3) is 4.23. The highest BCUT2D eigenvalue weighted by Crippen LogP contribution is 2.31. The van der Waals surface area contributed by atoms with E-state index in [-0.39, 0.29) is 11.7 Å². The third-order valence-corrected chi connectivity index (χ3v) is 5.79. The molecule has 0 radical (unpaired) electrons. The Morgan fingerprint density at radius 1 is 1.11 bits per heavy atom. The SMILES string of the molecule is CCc1ccc(CN2CCC(Oc3cc4cc[nH]c(=O)c4cc3Cl)CC2)cc1. The van der Waals surface area contributed by atoms with Gasteiger partial charge in [0.2, 0.25) is 0 Å². The molecule has 0 amide bonds. The van der Waals surface area contributed by atoms with E-state index in [0.717, 1.165) is 44.3 Å². The van der Waals surface area contributed by atoms with Gasteiger partial charge >= 0.3 is 0 Å². The summed E-state index contributed by atoms with van der Waals surface area (Å²) in [5.74, 6) is 0.661. The van der Waals surface area contributed by atoms with Crippen molar-refractivity contribution in [1.82, 2.24) is 9.88 Å². The maximum atomic E-state index is 11.9. The molecule has 1 aromatic heterocycles. The molecule has 1 aliphatic rings. The van der Waals surface area contributed by atoms with Crippen molar-refractivity contribution in [3.8, 4) is 5.75 Å². The Bertz CT molecular complexity index is 1010. The molecule has 2 heterocycles. The number of aryl methyl sites for hydroxylation is 1. The van der Waals surface area contributed by atoms with Gasteiger partial charge in [-0.05, 0) is 54.0 Å². The lowest BCUT2D eigenvalue weighted by Gasteiger charge is -2.32. The maximum absolute atomic E-state index is 11.9. The average Bonchev–Trinajstić information content (AvgIpc) is 2.71. The highest BCUT2D eigenvalue weighted by molar-refractivity contribution is 6.32. The summed E-state index contributed by atoms with van der Waals surface area (Å²) >= 11 is 6.37. The second-order valence-electron chi connectivity index (χ2n) is 7.44. The fourth-order valence-corrected chi connectivity index (χ4v) is 3.99. The molecule has 0 bridgehead atoms. The predicted molar refractivity (Wildman–Crippen MR) is 114 cm³/mol. The summed E-state index contributed by atoms with van der Waals surface area (Å²) in [5, 5.41) is 1.92. The number of fused-ring (bicyclic) bond motifs is 1. The number of aromatic nitrogens is 1. The van der Waals surface area contributed by atoms with Gasteiger partial charge in [0.1, 0.15) is 11.9 Å². The van der Waals surface area contributed by atoms with Crippen molar-refractivity contribution in [3.05, 3.63) is 75.2 Å². The van der Waals surface area contributed by atoms with E-state index in [9.17, 15) is 4.79 Å². The zero-order chi connectivity index (χ0) is 19.5. The van der Waals surface area contributed by atoms with E-state index in [4.69, 9.17) is 16.3 Å². The van der Waals surface area contributed by atoms with Crippen LogP contribution >= 0.6 is 11.6 Å². The summed E-state index contributed by atoms with van der Waals surface area (Å²) in [6.07, 6.45) is 4.81. The van der Waals surface area contributed by atoms with Crippen LogP contribution in [-0.2, 0) is 13.0 Å². The third-order valence-electron chi connectivity index (χ3n) is 5.49. The first-order chi connectivity index (χ1) is 13.6. The molecule has 2 aromatic carbocycles. The summed E-state index contributed by atoms with van der Waals surface area (Å²) in [5.41, 5.74) is 2.61. The Balaban J connectivity index is 1.37. The van der Waals surface area contributed by atoms with Crippen LogP contribution in [0.5, 0.6) is 5.75 Å². The van der Waals surface area contributed by atoms with Gasteiger partial charge in [-0.15, -0.1) is 0 Å². The molecule has 0 spiro atoms. The van der Waals surface area contributed by atoms with E-state index in [0.29, 0.717) is 16.2 Å². The van der Waals surface area contributed by atoms with Crippen LogP contribution in [0.25, 0.3) is 10.8 Å². The topological polar surface area (TPSA) is 45.3 Å². The van der Waals surface area contributed by atoms with Crippen molar-refractivity contribution in [1.29, 1.82) is 0 Å². The van der Waals surface area contributed by atoms with Crippen molar-refractivity contribution in [2.45, 2.75) is 38.8 Å². The van der Waals surface area contributed by atoms with Gasteiger partial charge in [0.15, 0.2) is 0 Å². The van der Waals surface area contributed by atoms with Gasteiger partial charge in [-0.2, -0.15) is 0 Å². The Morgan fingerprint density at radius 2 is 1.82 bits per heavy atom. The molecule has 1 saturated heterocycles. The smallest absolute Gasteiger partial charge is 0.255 e. The molecule has 4 rings (SSSR count). The number of ether oxygens (including phenoxy) is 1. The van der Waals surface area contributed by atoms with Crippen molar-refractivity contribution >= 4 is 22.4 Å². The largest absolute Gasteiger partial charge is 0.489 e. The summed E-state index contributed by atoms with van der Waals surface area (Å²) in [7, 11) is 0. The van der Waals surface area contributed by atoms with Gasteiger partial charge in [-0.3, -0.25) is 9.69 Å². The van der Waals surface area contributed by atoms with Crippen LogP contribution in [0.1, 0.15) is 30.9 Å². The van der Waals surface area contributed by atoms with E-state index >= 15 is 0 Å². The van der Waals surface area contributed by atoms with Gasteiger partial charge in [0.05, 0.1) is 5.02 Å². The minimum absolute atomic E-state index is 0.133. The van der Waals surface area contributed by atoms with E-state index in [2.05, 4.69) is 41.1 Å². The second kappa shape index (κ2) is 8.38. The Kier molecular flexibility index (Phi) is 5.69. The minimum Gasteiger partial charge on any atom is -0.489 e. The molecule has 3 aromatic rings. The number of pyridine rings is 1. The quantitative estimate of drug-likeness (QED) is 0.674. The zero-order valence-corrected chi connectivity index (χ0v) is 16.8. The molecule has 0 saturated carbocycles. The summed E-state index contributed by atoms with van der Waals surface area (Å²) < 4.78 is 6.19. The lowest BCUT2D eigenvalue weighted by Crippen LogP contribution is -2.37. The first-order valence-electron chi connectivity index (χ1n) is 9.90. The fourth-order valence-electron chi connectivity index (χ4n) is 3.78. The first-order valence-corrected chi connectivity index (χ1v) is 10.3. The normalized spacial score (nSPS) is 15.8. The summed E-state index contributed by atoms with van der Waals surface area (Å²) in [6.45, 7) is 5.17. The number of piperidine rings is 1. The number of benzene rings is 2. The van der Waals surface area contributed by atoms with Crippen LogP contribution in [0.15, 0.2) is 53.5 Å². The van der Waals surface area contributed by atoms with Gasteiger partial charge < -0.3 is 9.72 Å². The van der Waals surface area contributed by atoms with Gasteiger partial charge in [-0.1, -0.05) is 42.8 Å². The number of rotatable bonds is 5. The molecule has 5 heteroatoms. The van der Waals surface area contributed by atoms with Crippen LogP contribution < -0.4 is 10.3 Å². The van der Waals surface area contributed by atoms with Crippen LogP contribution in [-0.4, -0.2) is 29.1 Å². The van der Waals surface area contributed by atoms with Crippen LogP contribution in [0, 0.1) is 0 Å². The van der Waals surface area contributed by atoms with E-state index < -0.39 is 0 Å². The van der Waals surface area contributed by atoms with Gasteiger partial charge in [0, 0.05) is 31.2 Å². The molecule has 1 N–H and O–H groups in total. The monoisotopic (exact) mass is 396 g/mol. The van der Waals surface area contributed by atoms with Crippen molar-refractivity contribution < 1.29 is 4.74 Å².